The second-order valence-electron chi connectivity index (χ2n) is 5.02. The Balaban J connectivity index is 1.71. The van der Waals surface area contributed by atoms with E-state index in [1.54, 1.807) is 12.1 Å². The molecule has 0 saturated heterocycles. The van der Waals surface area contributed by atoms with Crippen LogP contribution in [-0.4, -0.2) is 12.6 Å². The molecule has 1 N–H and O–H groups in total. The van der Waals surface area contributed by atoms with E-state index in [0.717, 1.165) is 18.5 Å². The molecule has 1 nitrogen and oxygen atoms in total. The van der Waals surface area contributed by atoms with Crippen LogP contribution >= 0.6 is 0 Å². The molecule has 2 rings (SSSR count). The van der Waals surface area contributed by atoms with Crippen LogP contribution in [-0.2, 0) is 6.42 Å². The first kappa shape index (κ1) is 12.6. The molecule has 1 saturated carbocycles. The summed E-state index contributed by atoms with van der Waals surface area (Å²) in [4.78, 5) is 0. The third-order valence-corrected chi connectivity index (χ3v) is 3.59. The van der Waals surface area contributed by atoms with Crippen molar-refractivity contribution < 1.29 is 4.39 Å². The molecular formula is C15H22FN. The number of hydrogen-bond acceptors (Lipinski definition) is 1. The van der Waals surface area contributed by atoms with Crippen LogP contribution in [0.5, 0.6) is 0 Å². The lowest BCUT2D eigenvalue weighted by molar-refractivity contribution is 0.463. The SMILES string of the molecule is Fc1cccc(CCNC2CCCCCC2)c1. The second kappa shape index (κ2) is 6.75. The first-order valence-electron chi connectivity index (χ1n) is 6.82. The Bertz CT molecular complexity index is 329. The van der Waals surface area contributed by atoms with E-state index in [1.165, 1.54) is 44.6 Å². The Morgan fingerprint density at radius 1 is 1.12 bits per heavy atom. The maximum atomic E-state index is 13.0. The highest BCUT2D eigenvalue weighted by Gasteiger charge is 2.10. The number of halogens is 1. The van der Waals surface area contributed by atoms with E-state index in [4.69, 9.17) is 0 Å². The highest BCUT2D eigenvalue weighted by atomic mass is 19.1. The summed E-state index contributed by atoms with van der Waals surface area (Å²) < 4.78 is 13.0. The highest BCUT2D eigenvalue weighted by Crippen LogP contribution is 2.17. The third-order valence-electron chi connectivity index (χ3n) is 3.59. The van der Waals surface area contributed by atoms with Gasteiger partial charge in [-0.25, -0.2) is 4.39 Å². The van der Waals surface area contributed by atoms with E-state index in [9.17, 15) is 4.39 Å². The highest BCUT2D eigenvalue weighted by molar-refractivity contribution is 5.16. The van der Waals surface area contributed by atoms with Gasteiger partial charge in [-0.15, -0.1) is 0 Å². The van der Waals surface area contributed by atoms with Gasteiger partial charge in [-0.05, 0) is 43.5 Å². The van der Waals surface area contributed by atoms with E-state index in [-0.39, 0.29) is 5.82 Å². The molecule has 0 amide bonds. The van der Waals surface area contributed by atoms with Gasteiger partial charge in [0, 0.05) is 6.04 Å². The first-order valence-corrected chi connectivity index (χ1v) is 6.82. The van der Waals surface area contributed by atoms with Crippen molar-refractivity contribution in [3.8, 4) is 0 Å². The van der Waals surface area contributed by atoms with Gasteiger partial charge in [0.25, 0.3) is 0 Å². The van der Waals surface area contributed by atoms with Gasteiger partial charge in [-0.3, -0.25) is 0 Å². The minimum Gasteiger partial charge on any atom is -0.314 e. The van der Waals surface area contributed by atoms with Crippen molar-refractivity contribution in [1.29, 1.82) is 0 Å². The summed E-state index contributed by atoms with van der Waals surface area (Å²) in [7, 11) is 0. The van der Waals surface area contributed by atoms with Crippen LogP contribution in [0.15, 0.2) is 24.3 Å². The molecule has 1 aromatic rings. The predicted molar refractivity (Wildman–Crippen MR) is 69.6 cm³/mol. The molecule has 1 fully saturated rings. The number of benzene rings is 1. The molecule has 94 valence electrons. The predicted octanol–water partition coefficient (Wildman–Crippen LogP) is 3.68. The van der Waals surface area contributed by atoms with Crippen molar-refractivity contribution in [1.82, 2.24) is 5.32 Å². The van der Waals surface area contributed by atoms with Crippen LogP contribution < -0.4 is 5.32 Å². The van der Waals surface area contributed by atoms with Gasteiger partial charge in [-0.1, -0.05) is 37.8 Å². The van der Waals surface area contributed by atoms with Gasteiger partial charge in [0.2, 0.25) is 0 Å². The lowest BCUT2D eigenvalue weighted by Crippen LogP contribution is -2.30. The summed E-state index contributed by atoms with van der Waals surface area (Å²) in [5, 5.41) is 3.61. The largest absolute Gasteiger partial charge is 0.314 e. The lowest BCUT2D eigenvalue weighted by atomic mass is 10.1. The average molecular weight is 235 g/mol. The molecule has 1 aromatic carbocycles. The maximum absolute atomic E-state index is 13.0. The van der Waals surface area contributed by atoms with Crippen molar-refractivity contribution in [2.45, 2.75) is 51.0 Å². The molecule has 0 aromatic heterocycles. The van der Waals surface area contributed by atoms with Crippen LogP contribution in [0.2, 0.25) is 0 Å². The molecule has 17 heavy (non-hydrogen) atoms. The molecule has 0 unspecified atom stereocenters. The van der Waals surface area contributed by atoms with Crippen molar-refractivity contribution in [3.63, 3.8) is 0 Å². The molecule has 0 radical (unpaired) electrons. The Labute approximate surface area is 103 Å². The molecule has 0 atom stereocenters. The Hall–Kier alpha value is -0.890. The van der Waals surface area contributed by atoms with E-state index in [2.05, 4.69) is 5.32 Å². The van der Waals surface area contributed by atoms with Gasteiger partial charge < -0.3 is 5.32 Å². The van der Waals surface area contributed by atoms with Crippen molar-refractivity contribution >= 4 is 0 Å². The molecule has 1 aliphatic rings. The maximum Gasteiger partial charge on any atom is 0.123 e. The summed E-state index contributed by atoms with van der Waals surface area (Å²) in [6, 6.07) is 7.61. The van der Waals surface area contributed by atoms with Gasteiger partial charge in [0.1, 0.15) is 5.82 Å². The fourth-order valence-electron chi connectivity index (χ4n) is 2.60. The topological polar surface area (TPSA) is 12.0 Å². The van der Waals surface area contributed by atoms with Gasteiger partial charge in [0.15, 0.2) is 0 Å². The second-order valence-corrected chi connectivity index (χ2v) is 5.02. The van der Waals surface area contributed by atoms with E-state index in [0.29, 0.717) is 6.04 Å². The van der Waals surface area contributed by atoms with Crippen LogP contribution in [0.25, 0.3) is 0 Å². The third kappa shape index (κ3) is 4.47. The van der Waals surface area contributed by atoms with Crippen molar-refractivity contribution in [3.05, 3.63) is 35.6 Å². The average Bonchev–Trinajstić information content (AvgIpc) is 2.58. The molecule has 0 aliphatic heterocycles. The van der Waals surface area contributed by atoms with Crippen LogP contribution in [0.4, 0.5) is 4.39 Å². The molecule has 0 heterocycles. The zero-order chi connectivity index (χ0) is 11.9. The molecule has 1 aliphatic carbocycles. The summed E-state index contributed by atoms with van der Waals surface area (Å²) in [6.07, 6.45) is 9.04. The van der Waals surface area contributed by atoms with E-state index >= 15 is 0 Å². The normalized spacial score (nSPS) is 17.9. The van der Waals surface area contributed by atoms with Gasteiger partial charge in [-0.2, -0.15) is 0 Å². The van der Waals surface area contributed by atoms with E-state index in [1.807, 2.05) is 6.07 Å². The van der Waals surface area contributed by atoms with E-state index < -0.39 is 0 Å². The standard InChI is InChI=1S/C15H22FN/c16-14-7-5-6-13(12-14)10-11-17-15-8-3-1-2-4-9-15/h5-7,12,15,17H,1-4,8-11H2. The Kier molecular flexibility index (Phi) is 4.99. The summed E-state index contributed by atoms with van der Waals surface area (Å²) in [5.74, 6) is -0.128. The van der Waals surface area contributed by atoms with Crippen molar-refractivity contribution in [2.75, 3.05) is 6.54 Å². The number of nitrogens with one attached hydrogen (secondary N) is 1. The molecule has 0 spiro atoms. The molecule has 0 bridgehead atoms. The van der Waals surface area contributed by atoms with Crippen LogP contribution in [0.1, 0.15) is 44.1 Å². The van der Waals surface area contributed by atoms with Crippen LogP contribution in [0.3, 0.4) is 0 Å². The van der Waals surface area contributed by atoms with Crippen molar-refractivity contribution in [2.24, 2.45) is 0 Å². The number of hydrogen-bond donors (Lipinski definition) is 1. The quantitative estimate of drug-likeness (QED) is 0.785. The fourth-order valence-corrected chi connectivity index (χ4v) is 2.60. The van der Waals surface area contributed by atoms with Gasteiger partial charge in [0.05, 0.1) is 0 Å². The first-order chi connectivity index (χ1) is 8.34. The van der Waals surface area contributed by atoms with Crippen LogP contribution in [0, 0.1) is 5.82 Å². The smallest absolute Gasteiger partial charge is 0.123 e. The zero-order valence-corrected chi connectivity index (χ0v) is 10.4. The molecule has 2 heteroatoms. The minimum atomic E-state index is -0.128. The van der Waals surface area contributed by atoms with Gasteiger partial charge >= 0.3 is 0 Å². The number of rotatable bonds is 4. The summed E-state index contributed by atoms with van der Waals surface area (Å²) in [6.45, 7) is 0.966. The molecular weight excluding hydrogens is 213 g/mol. The fraction of sp³-hybridized carbons (Fsp3) is 0.600. The minimum absolute atomic E-state index is 0.128. The monoisotopic (exact) mass is 235 g/mol. The summed E-state index contributed by atoms with van der Waals surface area (Å²) >= 11 is 0. The Morgan fingerprint density at radius 3 is 2.59 bits per heavy atom. The summed E-state index contributed by atoms with van der Waals surface area (Å²) in [5.41, 5.74) is 1.09. The lowest BCUT2D eigenvalue weighted by Gasteiger charge is -2.16. The zero-order valence-electron chi connectivity index (χ0n) is 10.4. The Morgan fingerprint density at radius 2 is 1.88 bits per heavy atom.